The maximum atomic E-state index is 2.27. The van der Waals surface area contributed by atoms with Gasteiger partial charge in [-0.25, -0.2) is 0 Å². The molecule has 1 nitrogen and oxygen atoms in total. The van der Waals surface area contributed by atoms with Gasteiger partial charge in [-0.3, -0.25) is 0 Å². The van der Waals surface area contributed by atoms with Crippen molar-refractivity contribution in [3.8, 4) is 0 Å². The zero-order chi connectivity index (χ0) is 9.45. The second kappa shape index (κ2) is 9.05. The van der Waals surface area contributed by atoms with Crippen LogP contribution in [0.2, 0.25) is 0 Å². The summed E-state index contributed by atoms with van der Waals surface area (Å²) in [7, 11) is 6.81. The summed E-state index contributed by atoms with van der Waals surface area (Å²) in [6.45, 7) is 3.60. The smallest absolute Gasteiger partial charge is 0.0780 e. The maximum absolute atomic E-state index is 2.27. The van der Waals surface area contributed by atoms with Crippen LogP contribution in [0.4, 0.5) is 0 Å². The van der Waals surface area contributed by atoms with Gasteiger partial charge in [-0.05, 0) is 12.8 Å². The molecule has 0 heterocycles. The van der Waals surface area contributed by atoms with Gasteiger partial charge in [0.25, 0.3) is 0 Å². The van der Waals surface area contributed by atoms with E-state index in [1.54, 1.807) is 0 Å². The molecule has 0 saturated heterocycles. The second-order valence-corrected chi connectivity index (χ2v) is 4.78. The first kappa shape index (κ1) is 15.9. The van der Waals surface area contributed by atoms with E-state index in [1.165, 1.54) is 45.1 Å². The normalized spacial score (nSPS) is 11.1. The fourth-order valence-corrected chi connectivity index (χ4v) is 1.37. The number of nitrogens with zero attached hydrogens (tertiary/aromatic N) is 1. The number of unbranched alkanes of at least 4 members (excludes halogenated alkanes) is 5. The van der Waals surface area contributed by atoms with Gasteiger partial charge in [-0.1, -0.05) is 32.6 Å². The van der Waals surface area contributed by atoms with E-state index in [4.69, 9.17) is 0 Å². The van der Waals surface area contributed by atoms with Gasteiger partial charge in [-0.2, -0.15) is 0 Å². The van der Waals surface area contributed by atoms with Gasteiger partial charge in [-0.15, -0.1) is 0 Å². The summed E-state index contributed by atoms with van der Waals surface area (Å²) < 4.78 is 1.12. The average Bonchev–Trinajstić information content (AvgIpc) is 1.94. The van der Waals surface area contributed by atoms with Crippen LogP contribution >= 0.6 is 0 Å². The topological polar surface area (TPSA) is 0 Å². The SMILES string of the molecule is CCCCCCCC[N+](C)(C)C.[Mn]. The van der Waals surface area contributed by atoms with Crippen LogP contribution in [0.25, 0.3) is 0 Å². The Morgan fingerprint density at radius 3 is 1.69 bits per heavy atom. The molecule has 13 heavy (non-hydrogen) atoms. The van der Waals surface area contributed by atoms with Crippen LogP contribution in [-0.4, -0.2) is 32.2 Å². The summed E-state index contributed by atoms with van der Waals surface area (Å²) >= 11 is 0. The van der Waals surface area contributed by atoms with Crippen molar-refractivity contribution in [3.05, 3.63) is 0 Å². The summed E-state index contributed by atoms with van der Waals surface area (Å²) in [5.74, 6) is 0. The van der Waals surface area contributed by atoms with E-state index in [0.717, 1.165) is 4.48 Å². The molecule has 0 aromatic heterocycles. The van der Waals surface area contributed by atoms with Crippen molar-refractivity contribution in [1.29, 1.82) is 0 Å². The van der Waals surface area contributed by atoms with Crippen molar-refractivity contribution in [3.63, 3.8) is 0 Å². The number of hydrogen-bond donors (Lipinski definition) is 0. The van der Waals surface area contributed by atoms with Crippen LogP contribution in [0.3, 0.4) is 0 Å². The molecule has 0 saturated carbocycles. The molecule has 1 radical (unpaired) electrons. The standard InChI is InChI=1S/C11H26N.Mn/c1-5-6-7-8-9-10-11-12(2,3)4;/h5-11H2,1-4H3;/q+1;. The zero-order valence-corrected chi connectivity index (χ0v) is 11.0. The van der Waals surface area contributed by atoms with Gasteiger partial charge >= 0.3 is 0 Å². The van der Waals surface area contributed by atoms with Crippen molar-refractivity contribution < 1.29 is 21.6 Å². The van der Waals surface area contributed by atoms with Crippen LogP contribution in [0.15, 0.2) is 0 Å². The molecule has 0 atom stereocenters. The quantitative estimate of drug-likeness (QED) is 0.356. The van der Waals surface area contributed by atoms with E-state index in [9.17, 15) is 0 Å². The predicted molar refractivity (Wildman–Crippen MR) is 56.3 cm³/mol. The van der Waals surface area contributed by atoms with Crippen LogP contribution in [0.1, 0.15) is 45.4 Å². The van der Waals surface area contributed by atoms with E-state index in [-0.39, 0.29) is 17.1 Å². The molecule has 0 aliphatic heterocycles. The molecular weight excluding hydrogens is 201 g/mol. The van der Waals surface area contributed by atoms with Crippen LogP contribution in [-0.2, 0) is 17.1 Å². The molecule has 0 aromatic rings. The van der Waals surface area contributed by atoms with Gasteiger partial charge in [0.2, 0.25) is 0 Å². The molecule has 0 N–H and O–H groups in total. The van der Waals surface area contributed by atoms with Crippen molar-refractivity contribution >= 4 is 0 Å². The molecule has 0 unspecified atom stereocenters. The molecule has 0 aromatic carbocycles. The van der Waals surface area contributed by atoms with Gasteiger partial charge in [0.1, 0.15) is 0 Å². The third kappa shape index (κ3) is 15.3. The Morgan fingerprint density at radius 1 is 0.769 bits per heavy atom. The largest absolute Gasteiger partial charge is 0.331 e. The fourth-order valence-electron chi connectivity index (χ4n) is 1.37. The average molecular weight is 227 g/mol. The van der Waals surface area contributed by atoms with E-state index >= 15 is 0 Å². The van der Waals surface area contributed by atoms with Crippen molar-refractivity contribution in [1.82, 2.24) is 0 Å². The van der Waals surface area contributed by atoms with E-state index < -0.39 is 0 Å². The van der Waals surface area contributed by atoms with Gasteiger partial charge < -0.3 is 4.48 Å². The van der Waals surface area contributed by atoms with E-state index in [0.29, 0.717) is 0 Å². The Hall–Kier alpha value is 0.479. The molecule has 0 spiro atoms. The summed E-state index contributed by atoms with van der Waals surface area (Å²) in [6, 6.07) is 0. The first-order valence-electron chi connectivity index (χ1n) is 5.36. The Bertz CT molecular complexity index is 96.8. The third-order valence-electron chi connectivity index (χ3n) is 2.18. The molecule has 81 valence electrons. The van der Waals surface area contributed by atoms with Crippen molar-refractivity contribution in [2.45, 2.75) is 45.4 Å². The molecule has 0 aliphatic carbocycles. The Morgan fingerprint density at radius 2 is 1.23 bits per heavy atom. The van der Waals surface area contributed by atoms with Gasteiger partial charge in [0.15, 0.2) is 0 Å². The Kier molecular flexibility index (Phi) is 11.1. The van der Waals surface area contributed by atoms with Crippen LogP contribution in [0.5, 0.6) is 0 Å². The van der Waals surface area contributed by atoms with E-state index in [2.05, 4.69) is 28.1 Å². The number of rotatable bonds is 7. The van der Waals surface area contributed by atoms with Gasteiger partial charge in [0.05, 0.1) is 27.7 Å². The third-order valence-corrected chi connectivity index (χ3v) is 2.18. The van der Waals surface area contributed by atoms with Crippen molar-refractivity contribution in [2.75, 3.05) is 27.7 Å². The summed E-state index contributed by atoms with van der Waals surface area (Å²) in [6.07, 6.45) is 8.48. The molecular formula is C11H26MnN+. The number of hydrogen-bond acceptors (Lipinski definition) is 0. The second-order valence-electron chi connectivity index (χ2n) is 4.78. The summed E-state index contributed by atoms with van der Waals surface area (Å²) in [4.78, 5) is 0. The molecule has 0 fully saturated rings. The molecule has 0 aliphatic rings. The summed E-state index contributed by atoms with van der Waals surface area (Å²) in [5.41, 5.74) is 0. The van der Waals surface area contributed by atoms with Crippen molar-refractivity contribution in [2.24, 2.45) is 0 Å². The first-order chi connectivity index (χ1) is 5.56. The Balaban J connectivity index is 0. The minimum absolute atomic E-state index is 0. The molecule has 0 bridgehead atoms. The fraction of sp³-hybridized carbons (Fsp3) is 1.00. The van der Waals surface area contributed by atoms with Crippen LogP contribution in [0, 0.1) is 0 Å². The minimum Gasteiger partial charge on any atom is -0.331 e. The first-order valence-corrected chi connectivity index (χ1v) is 5.36. The molecule has 0 rings (SSSR count). The maximum Gasteiger partial charge on any atom is 0.0780 e. The summed E-state index contributed by atoms with van der Waals surface area (Å²) in [5, 5.41) is 0. The monoisotopic (exact) mass is 227 g/mol. The number of quaternary nitrogens is 1. The van der Waals surface area contributed by atoms with Crippen LogP contribution < -0.4 is 0 Å². The predicted octanol–water partition coefficient (Wildman–Crippen LogP) is 3.05. The van der Waals surface area contributed by atoms with E-state index in [1.807, 2.05) is 0 Å². The molecule has 0 amide bonds. The van der Waals surface area contributed by atoms with Gasteiger partial charge in [0, 0.05) is 17.1 Å². The minimum atomic E-state index is 0. The Labute approximate surface area is 95.0 Å². The zero-order valence-electron chi connectivity index (χ0n) is 9.77. The molecule has 2 heteroatoms.